The van der Waals surface area contributed by atoms with Gasteiger partial charge in [-0.3, -0.25) is 9.59 Å². The fourth-order valence-corrected chi connectivity index (χ4v) is 3.27. The van der Waals surface area contributed by atoms with Crippen molar-refractivity contribution in [2.24, 2.45) is 0 Å². The number of carbonyl (C=O) groups is 2. The van der Waals surface area contributed by atoms with Gasteiger partial charge in [-0.25, -0.2) is 19.7 Å². The highest BCUT2D eigenvalue weighted by molar-refractivity contribution is 6.33. The molecule has 0 spiro atoms. The number of halogens is 2. The van der Waals surface area contributed by atoms with Crippen molar-refractivity contribution in [1.82, 2.24) is 15.8 Å². The lowest BCUT2D eigenvalue weighted by Gasteiger charge is -2.21. The van der Waals surface area contributed by atoms with Gasteiger partial charge in [0.05, 0.1) is 11.6 Å². The summed E-state index contributed by atoms with van der Waals surface area (Å²) >= 11 is 6.23. The number of hydrogen-bond donors (Lipinski definition) is 3. The number of hydroxylamine groups is 1. The number of carbonyl (C=O) groups excluding carboxylic acids is 2. The van der Waals surface area contributed by atoms with Crippen LogP contribution in [0.5, 0.6) is 0 Å². The van der Waals surface area contributed by atoms with Crippen molar-refractivity contribution < 1.29 is 23.6 Å². The number of aromatic nitrogens is 1. The smallest absolute Gasteiger partial charge is 0.267 e. The summed E-state index contributed by atoms with van der Waals surface area (Å²) in [6, 6.07) is 7.76. The van der Waals surface area contributed by atoms with E-state index in [1.54, 1.807) is 24.3 Å². The number of nitrogens with zero attached hydrogens (tertiary/aromatic N) is 1. The fourth-order valence-electron chi connectivity index (χ4n) is 3.03. The molecule has 1 fully saturated rings. The van der Waals surface area contributed by atoms with Gasteiger partial charge in [0, 0.05) is 31.8 Å². The first kappa shape index (κ1) is 24.6. The van der Waals surface area contributed by atoms with Crippen LogP contribution in [0.4, 0.5) is 10.2 Å². The Morgan fingerprint density at radius 1 is 1.27 bits per heavy atom. The highest BCUT2D eigenvalue weighted by Crippen LogP contribution is 2.20. The van der Waals surface area contributed by atoms with Crippen LogP contribution in [0.25, 0.3) is 6.08 Å². The molecule has 3 N–H and O–H groups in total. The van der Waals surface area contributed by atoms with Gasteiger partial charge in [-0.1, -0.05) is 23.7 Å². The molecule has 0 saturated carbocycles. The molecule has 8 nitrogen and oxygen atoms in total. The number of benzene rings is 1. The molecule has 1 aliphatic rings. The average Bonchev–Trinajstić information content (AvgIpc) is 2.82. The number of ether oxygens (including phenoxy) is 1. The molecule has 33 heavy (non-hydrogen) atoms. The molecule has 1 aromatic carbocycles. The highest BCUT2D eigenvalue weighted by Gasteiger charge is 2.15. The molecule has 1 atom stereocenters. The van der Waals surface area contributed by atoms with Crippen molar-refractivity contribution in [3.8, 4) is 0 Å². The van der Waals surface area contributed by atoms with Crippen LogP contribution in [-0.4, -0.2) is 42.8 Å². The van der Waals surface area contributed by atoms with Crippen LogP contribution in [0.15, 0.2) is 42.6 Å². The third-order valence-corrected chi connectivity index (χ3v) is 5.07. The zero-order valence-corrected chi connectivity index (χ0v) is 18.7. The van der Waals surface area contributed by atoms with E-state index in [1.165, 1.54) is 24.4 Å². The van der Waals surface area contributed by atoms with Crippen molar-refractivity contribution in [2.45, 2.75) is 32.0 Å². The highest BCUT2D eigenvalue weighted by atomic mass is 35.5. The third kappa shape index (κ3) is 8.80. The van der Waals surface area contributed by atoms with E-state index in [9.17, 15) is 14.0 Å². The number of amides is 2. The molecule has 10 heteroatoms. The first-order valence-corrected chi connectivity index (χ1v) is 11.0. The van der Waals surface area contributed by atoms with Gasteiger partial charge in [0.25, 0.3) is 5.91 Å². The third-order valence-electron chi connectivity index (χ3n) is 4.78. The van der Waals surface area contributed by atoms with E-state index >= 15 is 0 Å². The van der Waals surface area contributed by atoms with E-state index in [0.29, 0.717) is 36.0 Å². The van der Waals surface area contributed by atoms with Gasteiger partial charge in [-0.05, 0) is 54.7 Å². The Morgan fingerprint density at radius 3 is 2.82 bits per heavy atom. The Morgan fingerprint density at radius 2 is 2.09 bits per heavy atom. The average molecular weight is 477 g/mol. The molecule has 1 aliphatic heterocycles. The predicted octanol–water partition coefficient (Wildman–Crippen LogP) is 3.23. The van der Waals surface area contributed by atoms with Crippen LogP contribution in [0.1, 0.15) is 30.4 Å². The number of rotatable bonds is 10. The van der Waals surface area contributed by atoms with E-state index in [-0.39, 0.29) is 18.3 Å². The molecule has 1 unspecified atom stereocenters. The minimum atomic E-state index is -0.431. The number of hydrogen-bond acceptors (Lipinski definition) is 6. The van der Waals surface area contributed by atoms with Crippen LogP contribution in [0, 0.1) is 5.82 Å². The summed E-state index contributed by atoms with van der Waals surface area (Å²) < 4.78 is 18.3. The molecule has 0 bridgehead atoms. The largest absolute Gasteiger partial charge is 0.360 e. The van der Waals surface area contributed by atoms with Gasteiger partial charge in [0.2, 0.25) is 5.91 Å². The molecule has 0 radical (unpaired) electrons. The molecular formula is C23H26ClFN4O4. The summed E-state index contributed by atoms with van der Waals surface area (Å²) in [5, 5.41) is 5.96. The maximum atomic E-state index is 12.9. The van der Waals surface area contributed by atoms with E-state index in [1.807, 2.05) is 0 Å². The van der Waals surface area contributed by atoms with Gasteiger partial charge < -0.3 is 15.4 Å². The minimum Gasteiger partial charge on any atom is -0.360 e. The molecule has 2 amide bonds. The molecule has 2 heterocycles. The maximum Gasteiger partial charge on any atom is 0.267 e. The zero-order chi connectivity index (χ0) is 23.5. The van der Waals surface area contributed by atoms with Crippen LogP contribution in [0.3, 0.4) is 0 Å². The molecule has 3 rings (SSSR count). The molecule has 1 aromatic heterocycles. The quantitative estimate of drug-likeness (QED) is 0.359. The van der Waals surface area contributed by atoms with Crippen molar-refractivity contribution in [3.63, 3.8) is 0 Å². The SMILES string of the molecule is O=C(C=Cc1cnc(NCC(=O)NCCc2ccc(F)cc2)c(Cl)c1)NOC1CCCCO1. The zero-order valence-electron chi connectivity index (χ0n) is 18.0. The van der Waals surface area contributed by atoms with Crippen LogP contribution >= 0.6 is 11.6 Å². The van der Waals surface area contributed by atoms with Crippen LogP contribution in [-0.2, 0) is 25.6 Å². The minimum absolute atomic E-state index is 0.00565. The molecule has 1 saturated heterocycles. The summed E-state index contributed by atoms with van der Waals surface area (Å²) in [5.74, 6) is -0.595. The number of pyridine rings is 1. The summed E-state index contributed by atoms with van der Waals surface area (Å²) in [5.41, 5.74) is 3.87. The fraction of sp³-hybridized carbons (Fsp3) is 0.348. The second-order valence-corrected chi connectivity index (χ2v) is 7.80. The molecule has 2 aromatic rings. The number of nitrogens with one attached hydrogen (secondary N) is 3. The summed E-state index contributed by atoms with van der Waals surface area (Å²) in [4.78, 5) is 33.3. The second kappa shape index (κ2) is 12.9. The van der Waals surface area contributed by atoms with Crippen LogP contribution in [0.2, 0.25) is 5.02 Å². The number of anilines is 1. The van der Waals surface area contributed by atoms with Crippen molar-refractivity contribution >= 4 is 35.3 Å². The normalized spacial score (nSPS) is 15.9. The second-order valence-electron chi connectivity index (χ2n) is 7.39. The lowest BCUT2D eigenvalue weighted by molar-refractivity contribution is -0.198. The molecule has 176 valence electrons. The van der Waals surface area contributed by atoms with E-state index < -0.39 is 12.2 Å². The first-order chi connectivity index (χ1) is 16.0. The lowest BCUT2D eigenvalue weighted by atomic mass is 10.1. The Balaban J connectivity index is 1.38. The molecular weight excluding hydrogens is 451 g/mol. The Kier molecular flexibility index (Phi) is 9.61. The van der Waals surface area contributed by atoms with E-state index in [2.05, 4.69) is 21.1 Å². The van der Waals surface area contributed by atoms with Gasteiger partial charge in [0.1, 0.15) is 11.6 Å². The monoisotopic (exact) mass is 476 g/mol. The van der Waals surface area contributed by atoms with Gasteiger partial charge in [-0.15, -0.1) is 0 Å². The first-order valence-electron chi connectivity index (χ1n) is 10.7. The topological polar surface area (TPSA) is 102 Å². The lowest BCUT2D eigenvalue weighted by Crippen LogP contribution is -2.32. The summed E-state index contributed by atoms with van der Waals surface area (Å²) in [6.07, 6.45) is 7.28. The Labute approximate surface area is 196 Å². The Bertz CT molecular complexity index is 965. The standard InChI is InChI=1S/C23H26ClFN4O4/c24-19-13-17(6-9-20(30)29-33-22-3-1-2-12-32-22)14-27-23(19)28-15-21(31)26-11-10-16-4-7-18(25)8-5-16/h4-9,13-14,22H,1-3,10-12,15H2,(H,26,31)(H,27,28)(H,29,30). The van der Waals surface area contributed by atoms with Crippen molar-refractivity contribution in [2.75, 3.05) is 25.0 Å². The molecule has 0 aliphatic carbocycles. The van der Waals surface area contributed by atoms with Gasteiger partial charge >= 0.3 is 0 Å². The van der Waals surface area contributed by atoms with E-state index in [4.69, 9.17) is 21.2 Å². The van der Waals surface area contributed by atoms with E-state index in [0.717, 1.165) is 24.8 Å². The summed E-state index contributed by atoms with van der Waals surface area (Å²) in [6.45, 7) is 1.04. The summed E-state index contributed by atoms with van der Waals surface area (Å²) in [7, 11) is 0. The van der Waals surface area contributed by atoms with Crippen molar-refractivity contribution in [1.29, 1.82) is 0 Å². The van der Waals surface area contributed by atoms with Crippen molar-refractivity contribution in [3.05, 3.63) is 64.6 Å². The van der Waals surface area contributed by atoms with Gasteiger partial charge in [0.15, 0.2) is 6.29 Å². The predicted molar refractivity (Wildman–Crippen MR) is 123 cm³/mol. The Hall–Kier alpha value is -3.01. The van der Waals surface area contributed by atoms with Crippen LogP contribution < -0.4 is 16.1 Å². The van der Waals surface area contributed by atoms with Gasteiger partial charge in [-0.2, -0.15) is 0 Å². The maximum absolute atomic E-state index is 12.9.